The van der Waals surface area contributed by atoms with Gasteiger partial charge in [0.25, 0.3) is 5.56 Å². The van der Waals surface area contributed by atoms with Gasteiger partial charge in [0.2, 0.25) is 0 Å². The van der Waals surface area contributed by atoms with Crippen molar-refractivity contribution in [3.05, 3.63) is 52.7 Å². The number of carbonyl (C=O) groups is 1. The van der Waals surface area contributed by atoms with Crippen LogP contribution < -0.4 is 5.56 Å². The van der Waals surface area contributed by atoms with Crippen LogP contribution in [0.1, 0.15) is 18.5 Å². The number of nitrogens with one attached hydrogen (secondary N) is 1. The molecule has 1 atom stereocenters. The molecule has 0 aliphatic carbocycles. The fraction of sp³-hybridized carbons (Fsp3) is 0.294. The SMILES string of the molecule is O=C1OCCC1CCc1cc(=O)n2[nH]c(-c3cccnc3)cc2n1. The van der Waals surface area contributed by atoms with E-state index in [1.54, 1.807) is 12.4 Å². The number of nitrogens with zero attached hydrogens (tertiary/aromatic N) is 3. The predicted octanol–water partition coefficient (Wildman–Crippen LogP) is 1.58. The summed E-state index contributed by atoms with van der Waals surface area (Å²) in [4.78, 5) is 32.4. The number of rotatable bonds is 4. The van der Waals surface area contributed by atoms with Crippen molar-refractivity contribution in [1.82, 2.24) is 19.6 Å². The third-order valence-electron chi connectivity index (χ3n) is 4.27. The Balaban J connectivity index is 1.62. The molecule has 1 fully saturated rings. The minimum absolute atomic E-state index is 0.0811. The Hall–Kier alpha value is -2.96. The molecule has 0 aromatic carbocycles. The Morgan fingerprint density at radius 2 is 2.25 bits per heavy atom. The summed E-state index contributed by atoms with van der Waals surface area (Å²) >= 11 is 0. The van der Waals surface area contributed by atoms with Crippen LogP contribution in [0.25, 0.3) is 16.9 Å². The van der Waals surface area contributed by atoms with Gasteiger partial charge >= 0.3 is 5.97 Å². The average molecular weight is 324 g/mol. The summed E-state index contributed by atoms with van der Waals surface area (Å²) in [6.45, 7) is 0.491. The van der Waals surface area contributed by atoms with Crippen molar-refractivity contribution >= 4 is 11.6 Å². The highest BCUT2D eigenvalue weighted by molar-refractivity contribution is 5.74. The van der Waals surface area contributed by atoms with Crippen LogP contribution in [0.2, 0.25) is 0 Å². The number of H-pyrrole nitrogens is 1. The van der Waals surface area contributed by atoms with Crippen LogP contribution in [-0.2, 0) is 16.0 Å². The number of ether oxygens (including phenoxy) is 1. The highest BCUT2D eigenvalue weighted by Gasteiger charge is 2.26. The molecule has 0 amide bonds. The van der Waals surface area contributed by atoms with Gasteiger partial charge in [-0.25, -0.2) is 9.50 Å². The second kappa shape index (κ2) is 5.92. The summed E-state index contributed by atoms with van der Waals surface area (Å²) in [6, 6.07) is 7.08. The normalized spacial score (nSPS) is 17.3. The van der Waals surface area contributed by atoms with E-state index in [1.807, 2.05) is 18.2 Å². The van der Waals surface area contributed by atoms with E-state index in [2.05, 4.69) is 15.1 Å². The Kier molecular flexibility index (Phi) is 3.60. The van der Waals surface area contributed by atoms with Gasteiger partial charge in [-0.1, -0.05) is 0 Å². The van der Waals surface area contributed by atoms with Gasteiger partial charge in [-0.3, -0.25) is 19.7 Å². The number of esters is 1. The van der Waals surface area contributed by atoms with E-state index in [-0.39, 0.29) is 17.4 Å². The van der Waals surface area contributed by atoms with Crippen LogP contribution >= 0.6 is 0 Å². The van der Waals surface area contributed by atoms with Gasteiger partial charge in [-0.2, -0.15) is 0 Å². The molecule has 4 rings (SSSR count). The predicted molar refractivity (Wildman–Crippen MR) is 86.4 cm³/mol. The number of fused-ring (bicyclic) bond motifs is 1. The molecule has 4 heterocycles. The summed E-state index contributed by atoms with van der Waals surface area (Å²) < 4.78 is 6.38. The lowest BCUT2D eigenvalue weighted by Gasteiger charge is -2.04. The summed E-state index contributed by atoms with van der Waals surface area (Å²) in [5.74, 6) is -0.226. The van der Waals surface area contributed by atoms with Crippen molar-refractivity contribution in [3.63, 3.8) is 0 Å². The molecule has 1 aliphatic heterocycles. The van der Waals surface area contributed by atoms with Crippen LogP contribution in [0.4, 0.5) is 0 Å². The van der Waals surface area contributed by atoms with Gasteiger partial charge < -0.3 is 4.74 Å². The lowest BCUT2D eigenvalue weighted by molar-refractivity contribution is -0.141. The first kappa shape index (κ1) is 14.6. The van der Waals surface area contributed by atoms with Gasteiger partial charge in [0, 0.05) is 35.8 Å². The van der Waals surface area contributed by atoms with Gasteiger partial charge in [0.15, 0.2) is 5.65 Å². The zero-order valence-corrected chi connectivity index (χ0v) is 12.9. The van der Waals surface area contributed by atoms with Crippen molar-refractivity contribution in [2.75, 3.05) is 6.61 Å². The molecule has 1 saturated heterocycles. The third-order valence-corrected chi connectivity index (χ3v) is 4.27. The summed E-state index contributed by atoms with van der Waals surface area (Å²) in [6.07, 6.45) is 5.40. The zero-order chi connectivity index (χ0) is 16.5. The summed E-state index contributed by atoms with van der Waals surface area (Å²) in [7, 11) is 0. The van der Waals surface area contributed by atoms with E-state index >= 15 is 0 Å². The second-order valence-electron chi connectivity index (χ2n) is 5.88. The smallest absolute Gasteiger partial charge is 0.309 e. The van der Waals surface area contributed by atoms with Crippen molar-refractivity contribution in [1.29, 1.82) is 0 Å². The maximum atomic E-state index is 12.3. The number of carbonyl (C=O) groups excluding carboxylic acids is 1. The molecule has 122 valence electrons. The standard InChI is InChI=1S/C17H16N4O3/c22-16-8-13(4-3-11-5-7-24-17(11)23)19-15-9-14(20-21(15)16)12-2-1-6-18-10-12/h1-2,6,8-11,20H,3-5,7H2. The van der Waals surface area contributed by atoms with Crippen molar-refractivity contribution in [2.24, 2.45) is 5.92 Å². The summed E-state index contributed by atoms with van der Waals surface area (Å²) in [5.41, 5.74) is 2.75. The first-order chi connectivity index (χ1) is 11.7. The Labute approximate surface area is 137 Å². The van der Waals surface area contributed by atoms with Gasteiger partial charge in [0.1, 0.15) is 0 Å². The largest absolute Gasteiger partial charge is 0.465 e. The minimum Gasteiger partial charge on any atom is -0.465 e. The van der Waals surface area contributed by atoms with E-state index in [4.69, 9.17) is 4.74 Å². The fourth-order valence-electron chi connectivity index (χ4n) is 2.96. The van der Waals surface area contributed by atoms with Crippen LogP contribution in [0.15, 0.2) is 41.5 Å². The lowest BCUT2D eigenvalue weighted by atomic mass is 10.0. The highest BCUT2D eigenvalue weighted by Crippen LogP contribution is 2.20. The first-order valence-electron chi connectivity index (χ1n) is 7.89. The monoisotopic (exact) mass is 324 g/mol. The molecule has 0 radical (unpaired) electrons. The van der Waals surface area contributed by atoms with E-state index < -0.39 is 0 Å². The molecule has 7 nitrogen and oxygen atoms in total. The number of aromatic nitrogens is 4. The molecular weight excluding hydrogens is 308 g/mol. The van der Waals surface area contributed by atoms with Crippen LogP contribution in [0.5, 0.6) is 0 Å². The molecule has 0 bridgehead atoms. The number of pyridine rings is 1. The fourth-order valence-corrected chi connectivity index (χ4v) is 2.96. The molecule has 1 N–H and O–H groups in total. The number of hydrogen-bond acceptors (Lipinski definition) is 5. The second-order valence-corrected chi connectivity index (χ2v) is 5.88. The van der Waals surface area contributed by atoms with E-state index in [1.165, 1.54) is 10.6 Å². The number of aryl methyl sites for hydroxylation is 1. The van der Waals surface area contributed by atoms with Crippen LogP contribution in [-0.4, -0.2) is 32.2 Å². The van der Waals surface area contributed by atoms with Gasteiger partial charge in [-0.15, -0.1) is 0 Å². The van der Waals surface area contributed by atoms with Gasteiger partial charge in [-0.05, 0) is 31.4 Å². The molecule has 24 heavy (non-hydrogen) atoms. The third kappa shape index (κ3) is 2.68. The molecule has 7 heteroatoms. The Bertz CT molecular complexity index is 945. The van der Waals surface area contributed by atoms with Crippen LogP contribution in [0, 0.1) is 5.92 Å². The molecule has 3 aromatic heterocycles. The van der Waals surface area contributed by atoms with Crippen molar-refractivity contribution in [3.8, 4) is 11.3 Å². The topological polar surface area (TPSA) is 89.4 Å². The Morgan fingerprint density at radius 1 is 1.33 bits per heavy atom. The number of hydrogen-bond donors (Lipinski definition) is 1. The summed E-state index contributed by atoms with van der Waals surface area (Å²) in [5, 5.41) is 3.04. The number of cyclic esters (lactones) is 1. The first-order valence-corrected chi connectivity index (χ1v) is 7.89. The molecular formula is C17H16N4O3. The lowest BCUT2D eigenvalue weighted by Crippen LogP contribution is -2.16. The van der Waals surface area contributed by atoms with E-state index in [0.29, 0.717) is 30.8 Å². The van der Waals surface area contributed by atoms with Crippen LogP contribution in [0.3, 0.4) is 0 Å². The Morgan fingerprint density at radius 3 is 3.00 bits per heavy atom. The zero-order valence-electron chi connectivity index (χ0n) is 12.9. The molecule has 1 unspecified atom stereocenters. The molecule has 3 aromatic rings. The molecule has 1 aliphatic rings. The minimum atomic E-state index is -0.167. The maximum Gasteiger partial charge on any atom is 0.309 e. The van der Waals surface area contributed by atoms with Crippen molar-refractivity contribution in [2.45, 2.75) is 19.3 Å². The maximum absolute atomic E-state index is 12.3. The van der Waals surface area contributed by atoms with E-state index in [9.17, 15) is 9.59 Å². The highest BCUT2D eigenvalue weighted by atomic mass is 16.5. The quantitative estimate of drug-likeness (QED) is 0.736. The number of aromatic amines is 1. The van der Waals surface area contributed by atoms with E-state index in [0.717, 1.165) is 17.7 Å². The van der Waals surface area contributed by atoms with Gasteiger partial charge in [0.05, 0.1) is 18.2 Å². The molecule has 0 saturated carbocycles. The average Bonchev–Trinajstić information content (AvgIpc) is 3.20. The molecule has 0 spiro atoms. The van der Waals surface area contributed by atoms with Crippen molar-refractivity contribution < 1.29 is 9.53 Å².